The van der Waals surface area contributed by atoms with Crippen molar-refractivity contribution in [3.63, 3.8) is 0 Å². The van der Waals surface area contributed by atoms with Crippen LogP contribution in [-0.2, 0) is 16.6 Å². The van der Waals surface area contributed by atoms with Crippen LogP contribution in [0.15, 0.2) is 53.6 Å². The Labute approximate surface area is 162 Å². The summed E-state index contributed by atoms with van der Waals surface area (Å²) >= 11 is 0. The van der Waals surface area contributed by atoms with Gasteiger partial charge in [0.05, 0.1) is 0 Å². The minimum absolute atomic E-state index is 0.0678. The molecule has 146 valence electrons. The highest BCUT2D eigenvalue weighted by Gasteiger charge is 2.28. The smallest absolute Gasteiger partial charge is 0.282 e. The summed E-state index contributed by atoms with van der Waals surface area (Å²) in [6, 6.07) is 12.4. The maximum atomic E-state index is 13.0. The van der Waals surface area contributed by atoms with Gasteiger partial charge in [0.2, 0.25) is 5.03 Å². The van der Waals surface area contributed by atoms with E-state index in [1.54, 1.807) is 31.2 Å². The van der Waals surface area contributed by atoms with Crippen molar-refractivity contribution in [3.05, 3.63) is 76.7 Å². The standard InChI is InChI=1S/C19H19FN4O3S/c1-12-3-9-16(10-4-12)24-28(26,27)19-17(13(2)22-23-19)18(25)21-11-14-5-7-15(20)8-6-14/h3-10,24H,11H2,1-2H3,(H,21,25)(H,22,23). The number of halogens is 1. The molecule has 3 N–H and O–H groups in total. The van der Waals surface area contributed by atoms with Crippen LogP contribution in [0.3, 0.4) is 0 Å². The van der Waals surface area contributed by atoms with Gasteiger partial charge in [-0.25, -0.2) is 4.39 Å². The lowest BCUT2D eigenvalue weighted by Gasteiger charge is -2.09. The monoisotopic (exact) mass is 402 g/mol. The first kappa shape index (κ1) is 19.6. The lowest BCUT2D eigenvalue weighted by molar-refractivity contribution is 0.0947. The average Bonchev–Trinajstić information content (AvgIpc) is 3.05. The van der Waals surface area contributed by atoms with E-state index in [1.165, 1.54) is 24.3 Å². The molecule has 0 radical (unpaired) electrons. The third kappa shape index (κ3) is 4.37. The van der Waals surface area contributed by atoms with Crippen LogP contribution in [0, 0.1) is 19.7 Å². The molecular formula is C19H19FN4O3S. The fraction of sp³-hybridized carbons (Fsp3) is 0.158. The van der Waals surface area contributed by atoms with E-state index in [9.17, 15) is 17.6 Å². The van der Waals surface area contributed by atoms with Crippen molar-refractivity contribution in [1.29, 1.82) is 0 Å². The normalized spacial score (nSPS) is 11.2. The molecule has 0 saturated carbocycles. The van der Waals surface area contributed by atoms with Crippen LogP contribution in [0.4, 0.5) is 10.1 Å². The Hall–Kier alpha value is -3.20. The van der Waals surface area contributed by atoms with Gasteiger partial charge >= 0.3 is 0 Å². The minimum atomic E-state index is -4.07. The van der Waals surface area contributed by atoms with Crippen molar-refractivity contribution in [2.24, 2.45) is 0 Å². The fourth-order valence-corrected chi connectivity index (χ4v) is 3.79. The number of hydrogen-bond acceptors (Lipinski definition) is 4. The molecule has 0 aliphatic carbocycles. The summed E-state index contributed by atoms with van der Waals surface area (Å²) in [7, 11) is -4.07. The van der Waals surface area contributed by atoms with Crippen LogP contribution in [0.2, 0.25) is 0 Å². The molecule has 0 atom stereocenters. The summed E-state index contributed by atoms with van der Waals surface area (Å²) < 4.78 is 40.8. The SMILES string of the molecule is Cc1ccc(NS(=O)(=O)c2n[nH]c(C)c2C(=O)NCc2ccc(F)cc2)cc1. The van der Waals surface area contributed by atoms with E-state index in [-0.39, 0.29) is 23.0 Å². The lowest BCUT2D eigenvalue weighted by atomic mass is 10.2. The first-order chi connectivity index (χ1) is 13.3. The Kier molecular flexibility index (Phi) is 5.46. The number of benzene rings is 2. The summed E-state index contributed by atoms with van der Waals surface area (Å²) in [6.45, 7) is 3.57. The molecule has 9 heteroatoms. The Morgan fingerprint density at radius 3 is 2.36 bits per heavy atom. The van der Waals surface area contributed by atoms with Crippen LogP contribution < -0.4 is 10.0 Å². The van der Waals surface area contributed by atoms with Crippen LogP contribution in [0.1, 0.15) is 27.2 Å². The highest BCUT2D eigenvalue weighted by molar-refractivity contribution is 7.92. The predicted octanol–water partition coefficient (Wildman–Crippen LogP) is 2.90. The molecule has 0 fully saturated rings. The van der Waals surface area contributed by atoms with Gasteiger partial charge < -0.3 is 5.32 Å². The molecule has 0 unspecified atom stereocenters. The van der Waals surface area contributed by atoms with E-state index >= 15 is 0 Å². The number of anilines is 1. The second kappa shape index (κ2) is 7.81. The van der Waals surface area contributed by atoms with Gasteiger partial charge in [0, 0.05) is 17.9 Å². The molecule has 0 saturated heterocycles. The van der Waals surface area contributed by atoms with Crippen LogP contribution in [0.25, 0.3) is 0 Å². The largest absolute Gasteiger partial charge is 0.348 e. The van der Waals surface area contributed by atoms with Gasteiger partial charge in [-0.1, -0.05) is 29.8 Å². The number of rotatable bonds is 6. The number of nitrogens with zero attached hydrogens (tertiary/aromatic N) is 1. The third-order valence-electron chi connectivity index (χ3n) is 4.07. The van der Waals surface area contributed by atoms with Gasteiger partial charge in [0.15, 0.2) is 0 Å². The Morgan fingerprint density at radius 2 is 1.71 bits per heavy atom. The van der Waals surface area contributed by atoms with E-state index in [1.807, 2.05) is 6.92 Å². The number of carbonyl (C=O) groups is 1. The molecule has 0 aliphatic heterocycles. The lowest BCUT2D eigenvalue weighted by Crippen LogP contribution is -2.26. The third-order valence-corrected chi connectivity index (χ3v) is 5.37. The number of H-pyrrole nitrogens is 1. The van der Waals surface area contributed by atoms with Crippen LogP contribution in [0.5, 0.6) is 0 Å². The predicted molar refractivity (Wildman–Crippen MR) is 103 cm³/mol. The molecule has 7 nitrogen and oxygen atoms in total. The molecule has 0 aliphatic rings. The van der Waals surface area contributed by atoms with Crippen molar-refractivity contribution in [3.8, 4) is 0 Å². The number of aromatic amines is 1. The highest BCUT2D eigenvalue weighted by Crippen LogP contribution is 2.20. The minimum Gasteiger partial charge on any atom is -0.348 e. The highest BCUT2D eigenvalue weighted by atomic mass is 32.2. The summed E-state index contributed by atoms with van der Waals surface area (Å²) in [5.74, 6) is -0.976. The van der Waals surface area contributed by atoms with E-state index in [0.29, 0.717) is 16.9 Å². The molecule has 2 aromatic carbocycles. The van der Waals surface area contributed by atoms with Gasteiger partial charge in [-0.2, -0.15) is 13.5 Å². The maximum Gasteiger partial charge on any atom is 0.282 e. The average molecular weight is 402 g/mol. The molecule has 1 aromatic heterocycles. The fourth-order valence-electron chi connectivity index (χ4n) is 2.57. The first-order valence-corrected chi connectivity index (χ1v) is 9.91. The zero-order chi connectivity index (χ0) is 20.3. The number of aromatic nitrogens is 2. The molecular weight excluding hydrogens is 383 g/mol. The number of carbonyl (C=O) groups excluding carboxylic acids is 1. The zero-order valence-electron chi connectivity index (χ0n) is 15.3. The summed E-state index contributed by atoms with van der Waals surface area (Å²) in [4.78, 5) is 12.6. The second-order valence-electron chi connectivity index (χ2n) is 6.31. The molecule has 1 heterocycles. The molecule has 3 aromatic rings. The van der Waals surface area contributed by atoms with Crippen LogP contribution in [-0.4, -0.2) is 24.5 Å². The van der Waals surface area contributed by atoms with Gasteiger partial charge in [-0.15, -0.1) is 0 Å². The molecule has 0 bridgehead atoms. The van der Waals surface area contributed by atoms with E-state index < -0.39 is 15.9 Å². The Bertz CT molecular complexity index is 1090. The van der Waals surface area contributed by atoms with E-state index in [2.05, 4.69) is 20.2 Å². The summed E-state index contributed by atoms with van der Waals surface area (Å²) in [6.07, 6.45) is 0. The molecule has 28 heavy (non-hydrogen) atoms. The Balaban J connectivity index is 1.80. The summed E-state index contributed by atoms with van der Waals surface area (Å²) in [5, 5.41) is 8.59. The van der Waals surface area contributed by atoms with Gasteiger partial charge in [-0.05, 0) is 43.7 Å². The van der Waals surface area contributed by atoms with Crippen molar-refractivity contribution < 1.29 is 17.6 Å². The quantitative estimate of drug-likeness (QED) is 0.590. The number of sulfonamides is 1. The van der Waals surface area contributed by atoms with Crippen molar-refractivity contribution >= 4 is 21.6 Å². The molecule has 3 rings (SSSR count). The number of amides is 1. The van der Waals surface area contributed by atoms with Gasteiger partial charge in [0.1, 0.15) is 11.4 Å². The van der Waals surface area contributed by atoms with Gasteiger partial charge in [0.25, 0.3) is 15.9 Å². The number of hydrogen-bond donors (Lipinski definition) is 3. The van der Waals surface area contributed by atoms with Gasteiger partial charge in [-0.3, -0.25) is 14.6 Å². The molecule has 1 amide bonds. The number of aryl methyl sites for hydroxylation is 2. The Morgan fingerprint density at radius 1 is 1.07 bits per heavy atom. The van der Waals surface area contributed by atoms with E-state index in [0.717, 1.165) is 5.56 Å². The topological polar surface area (TPSA) is 104 Å². The number of nitrogens with one attached hydrogen (secondary N) is 3. The second-order valence-corrected chi connectivity index (χ2v) is 7.91. The zero-order valence-corrected chi connectivity index (χ0v) is 16.1. The van der Waals surface area contributed by atoms with Crippen molar-refractivity contribution in [2.45, 2.75) is 25.4 Å². The van der Waals surface area contributed by atoms with Crippen LogP contribution >= 0.6 is 0 Å². The summed E-state index contributed by atoms with van der Waals surface area (Å²) in [5.41, 5.74) is 2.28. The van der Waals surface area contributed by atoms with Crippen molar-refractivity contribution in [1.82, 2.24) is 15.5 Å². The maximum absolute atomic E-state index is 13.0. The van der Waals surface area contributed by atoms with E-state index in [4.69, 9.17) is 0 Å². The first-order valence-electron chi connectivity index (χ1n) is 8.43. The van der Waals surface area contributed by atoms with Crippen molar-refractivity contribution in [2.75, 3.05) is 4.72 Å². The molecule has 0 spiro atoms.